The lowest BCUT2D eigenvalue weighted by molar-refractivity contribution is 0.100. The van der Waals surface area contributed by atoms with Gasteiger partial charge in [0.2, 0.25) is 0 Å². The summed E-state index contributed by atoms with van der Waals surface area (Å²) in [7, 11) is 0. The van der Waals surface area contributed by atoms with Gasteiger partial charge in [-0.1, -0.05) is 29.3 Å². The molecule has 0 radical (unpaired) electrons. The number of aromatic nitrogens is 2. The van der Waals surface area contributed by atoms with E-state index >= 15 is 0 Å². The van der Waals surface area contributed by atoms with E-state index in [0.29, 0.717) is 26.0 Å². The van der Waals surface area contributed by atoms with Crippen molar-refractivity contribution in [2.75, 3.05) is 5.73 Å². The Hall–Kier alpha value is -1.89. The van der Waals surface area contributed by atoms with Gasteiger partial charge in [-0.05, 0) is 12.1 Å². The van der Waals surface area contributed by atoms with Crippen LogP contribution in [0.15, 0.2) is 24.5 Å². The molecule has 4 N–H and O–H groups in total. The molecule has 0 unspecified atom stereocenters. The quantitative estimate of drug-likeness (QED) is 0.748. The first kappa shape index (κ1) is 14.1. The summed E-state index contributed by atoms with van der Waals surface area (Å²) in [5.74, 6) is -0.587. The van der Waals surface area contributed by atoms with Crippen LogP contribution in [0.5, 0.6) is 0 Å². The van der Waals surface area contributed by atoms with E-state index in [1.807, 2.05) is 0 Å². The molecule has 0 saturated carbocycles. The molecular weight excluding hydrogens is 331 g/mol. The molecule has 2 aromatic heterocycles. The molecule has 1 aromatic carbocycles. The van der Waals surface area contributed by atoms with Crippen LogP contribution >= 0.6 is 34.5 Å². The number of anilines is 1. The molecule has 2 heterocycles. The van der Waals surface area contributed by atoms with E-state index < -0.39 is 5.91 Å². The first-order chi connectivity index (χ1) is 9.99. The molecule has 5 nitrogen and oxygen atoms in total. The van der Waals surface area contributed by atoms with E-state index in [2.05, 4.69) is 9.97 Å². The number of nitrogens with two attached hydrogens (primary N) is 2. The van der Waals surface area contributed by atoms with Crippen molar-refractivity contribution in [3.8, 4) is 11.3 Å². The van der Waals surface area contributed by atoms with E-state index in [1.54, 1.807) is 18.2 Å². The Kier molecular flexibility index (Phi) is 3.44. The van der Waals surface area contributed by atoms with Crippen LogP contribution in [-0.4, -0.2) is 15.9 Å². The van der Waals surface area contributed by atoms with Gasteiger partial charge in [0.25, 0.3) is 5.91 Å². The molecule has 3 rings (SSSR count). The maximum absolute atomic E-state index is 11.4. The van der Waals surface area contributed by atoms with Crippen molar-refractivity contribution in [3.63, 3.8) is 0 Å². The molecule has 0 aliphatic carbocycles. The van der Waals surface area contributed by atoms with Crippen LogP contribution in [0.25, 0.3) is 21.5 Å². The summed E-state index contributed by atoms with van der Waals surface area (Å²) in [4.78, 5) is 20.6. The summed E-state index contributed by atoms with van der Waals surface area (Å²) in [6.07, 6.45) is 1.40. The van der Waals surface area contributed by atoms with E-state index in [9.17, 15) is 4.79 Å². The minimum absolute atomic E-state index is 0.270. The minimum Gasteiger partial charge on any atom is -0.397 e. The van der Waals surface area contributed by atoms with Gasteiger partial charge in [-0.25, -0.2) is 9.97 Å². The fraction of sp³-hybridized carbons (Fsp3) is 0. The molecule has 3 aromatic rings. The summed E-state index contributed by atoms with van der Waals surface area (Å²) in [5.41, 5.74) is 12.9. The van der Waals surface area contributed by atoms with Crippen LogP contribution in [0, 0.1) is 0 Å². The highest BCUT2D eigenvalue weighted by Crippen LogP contribution is 2.38. The van der Waals surface area contributed by atoms with Crippen LogP contribution in [0.3, 0.4) is 0 Å². The summed E-state index contributed by atoms with van der Waals surface area (Å²) in [6.45, 7) is 0. The number of hydrogen-bond donors (Lipinski definition) is 2. The Bertz CT molecular complexity index is 878. The maximum Gasteiger partial charge on any atom is 0.260 e. The predicted molar refractivity (Wildman–Crippen MR) is 85.8 cm³/mol. The summed E-state index contributed by atoms with van der Waals surface area (Å²) >= 11 is 13.1. The molecule has 8 heteroatoms. The van der Waals surface area contributed by atoms with Gasteiger partial charge in [-0.2, -0.15) is 0 Å². The van der Waals surface area contributed by atoms with Gasteiger partial charge in [0.15, 0.2) is 0 Å². The first-order valence-electron chi connectivity index (χ1n) is 5.77. The highest BCUT2D eigenvalue weighted by molar-refractivity contribution is 7.21. The first-order valence-corrected chi connectivity index (χ1v) is 7.34. The van der Waals surface area contributed by atoms with Crippen molar-refractivity contribution in [1.82, 2.24) is 9.97 Å². The van der Waals surface area contributed by atoms with Crippen LogP contribution in [0.1, 0.15) is 9.67 Å². The highest BCUT2D eigenvalue weighted by Gasteiger charge is 2.19. The van der Waals surface area contributed by atoms with Crippen molar-refractivity contribution < 1.29 is 4.79 Å². The maximum atomic E-state index is 11.4. The lowest BCUT2D eigenvalue weighted by Gasteiger charge is -2.05. The van der Waals surface area contributed by atoms with E-state index in [1.165, 1.54) is 6.33 Å². The zero-order valence-corrected chi connectivity index (χ0v) is 12.8. The van der Waals surface area contributed by atoms with Gasteiger partial charge in [0.05, 0.1) is 26.8 Å². The average Bonchev–Trinajstić information content (AvgIpc) is 2.80. The molecule has 0 spiro atoms. The number of carbonyl (C=O) groups excluding carboxylic acids is 1. The standard InChI is InChI=1S/C13H8Cl2N4OS/c14-6-2-1-5(3-7(6)15)10-8-9(16)11(12(17)20)21-13(8)19-4-18-10/h1-4H,16H2,(H2,17,20). The number of benzene rings is 1. The SMILES string of the molecule is NC(=O)c1sc2ncnc(-c3ccc(Cl)c(Cl)c3)c2c1N. The molecule has 0 fully saturated rings. The lowest BCUT2D eigenvalue weighted by atomic mass is 10.1. The number of nitrogens with zero attached hydrogens (tertiary/aromatic N) is 2. The predicted octanol–water partition coefficient (Wildman–Crippen LogP) is 3.35. The molecule has 21 heavy (non-hydrogen) atoms. The van der Waals surface area contributed by atoms with Crippen molar-refractivity contribution in [2.45, 2.75) is 0 Å². The van der Waals surface area contributed by atoms with Gasteiger partial charge in [-0.3, -0.25) is 4.79 Å². The lowest BCUT2D eigenvalue weighted by Crippen LogP contribution is -2.10. The number of primary amides is 1. The van der Waals surface area contributed by atoms with Gasteiger partial charge in [-0.15, -0.1) is 11.3 Å². The second kappa shape index (κ2) is 5.14. The Labute approximate surface area is 133 Å². The van der Waals surface area contributed by atoms with Crippen LogP contribution in [0.2, 0.25) is 10.0 Å². The van der Waals surface area contributed by atoms with Gasteiger partial charge in [0.1, 0.15) is 16.0 Å². The van der Waals surface area contributed by atoms with Crippen molar-refractivity contribution in [2.24, 2.45) is 5.73 Å². The number of hydrogen-bond acceptors (Lipinski definition) is 5. The minimum atomic E-state index is -0.587. The molecule has 0 atom stereocenters. The zero-order valence-electron chi connectivity index (χ0n) is 10.4. The van der Waals surface area contributed by atoms with Crippen molar-refractivity contribution >= 4 is 56.3 Å². The van der Waals surface area contributed by atoms with E-state index in [0.717, 1.165) is 16.9 Å². The number of rotatable bonds is 2. The number of nitrogen functional groups attached to an aromatic ring is 1. The Balaban J connectivity index is 2.32. The van der Waals surface area contributed by atoms with Gasteiger partial charge >= 0.3 is 0 Å². The average molecular weight is 339 g/mol. The number of halogens is 2. The summed E-state index contributed by atoms with van der Waals surface area (Å²) in [5, 5.41) is 1.45. The third kappa shape index (κ3) is 2.31. The van der Waals surface area contributed by atoms with E-state index in [-0.39, 0.29) is 10.6 Å². The fourth-order valence-corrected chi connectivity index (χ4v) is 3.21. The Morgan fingerprint density at radius 2 is 1.95 bits per heavy atom. The molecule has 0 saturated heterocycles. The van der Waals surface area contributed by atoms with E-state index in [4.69, 9.17) is 34.7 Å². The normalized spacial score (nSPS) is 11.0. The van der Waals surface area contributed by atoms with Crippen LogP contribution < -0.4 is 11.5 Å². The third-order valence-corrected chi connectivity index (χ3v) is 4.81. The number of carbonyl (C=O) groups is 1. The molecule has 0 aliphatic heterocycles. The highest BCUT2D eigenvalue weighted by atomic mass is 35.5. The number of thiophene rings is 1. The molecular formula is C13H8Cl2N4OS. The van der Waals surface area contributed by atoms with Gasteiger partial charge < -0.3 is 11.5 Å². The second-order valence-corrected chi connectivity index (χ2v) is 6.05. The third-order valence-electron chi connectivity index (χ3n) is 2.94. The monoisotopic (exact) mass is 338 g/mol. The Morgan fingerprint density at radius 1 is 1.19 bits per heavy atom. The number of amides is 1. The topological polar surface area (TPSA) is 94.9 Å². The van der Waals surface area contributed by atoms with Crippen LogP contribution in [0.4, 0.5) is 5.69 Å². The molecule has 0 bridgehead atoms. The summed E-state index contributed by atoms with van der Waals surface area (Å²) < 4.78 is 0. The fourth-order valence-electron chi connectivity index (χ4n) is 2.00. The molecule has 1 amide bonds. The van der Waals surface area contributed by atoms with Gasteiger partial charge in [0, 0.05) is 5.56 Å². The molecule has 106 valence electrons. The largest absolute Gasteiger partial charge is 0.397 e. The Morgan fingerprint density at radius 3 is 2.62 bits per heavy atom. The van der Waals surface area contributed by atoms with Crippen molar-refractivity contribution in [3.05, 3.63) is 39.4 Å². The zero-order chi connectivity index (χ0) is 15.1. The molecule has 0 aliphatic rings. The second-order valence-electron chi connectivity index (χ2n) is 4.24. The van der Waals surface area contributed by atoms with Crippen molar-refractivity contribution in [1.29, 1.82) is 0 Å². The number of fused-ring (bicyclic) bond motifs is 1. The smallest absolute Gasteiger partial charge is 0.260 e. The summed E-state index contributed by atoms with van der Waals surface area (Å²) in [6, 6.07) is 5.13. The van der Waals surface area contributed by atoms with Crippen LogP contribution in [-0.2, 0) is 0 Å².